The number of hydrogen-bond acceptors (Lipinski definition) is 3. The highest BCUT2D eigenvalue weighted by atomic mass is 16.5. The third kappa shape index (κ3) is 7.55. The third-order valence-electron chi connectivity index (χ3n) is 5.38. The summed E-state index contributed by atoms with van der Waals surface area (Å²) in [5.74, 6) is 2.25. The van der Waals surface area contributed by atoms with E-state index in [0.717, 1.165) is 17.1 Å². The number of allylic oxidation sites excluding steroid dienone is 3. The van der Waals surface area contributed by atoms with Gasteiger partial charge in [0.25, 0.3) is 0 Å². The van der Waals surface area contributed by atoms with Crippen LogP contribution in [0.15, 0.2) is 66.2 Å². The average molecular weight is 384 g/mol. The van der Waals surface area contributed by atoms with Crippen LogP contribution in [0.1, 0.15) is 51.5 Å². The molecule has 1 aliphatic carbocycles. The van der Waals surface area contributed by atoms with Crippen LogP contribution in [0, 0.1) is 5.92 Å². The largest absolute Gasteiger partial charge is 0.493 e. The molecule has 0 amide bonds. The van der Waals surface area contributed by atoms with Crippen LogP contribution in [0.4, 0.5) is 0 Å². The molecule has 1 saturated heterocycles. The lowest BCUT2D eigenvalue weighted by Crippen LogP contribution is -2.29. The summed E-state index contributed by atoms with van der Waals surface area (Å²) < 4.78 is 11.5. The van der Waals surface area contributed by atoms with Gasteiger partial charge in [-0.2, -0.15) is 0 Å². The Hall–Kier alpha value is -2.00. The molecule has 0 radical (unpaired) electrons. The minimum atomic E-state index is 0.554. The van der Waals surface area contributed by atoms with Crippen LogP contribution in [0.25, 0.3) is 0 Å². The minimum Gasteiger partial charge on any atom is -0.493 e. The number of piperidine rings is 1. The van der Waals surface area contributed by atoms with Crippen molar-refractivity contribution in [1.29, 1.82) is 0 Å². The molecule has 1 heterocycles. The van der Waals surface area contributed by atoms with Crippen LogP contribution in [0.2, 0.25) is 0 Å². The molecule has 3 rings (SSSR count). The quantitative estimate of drug-likeness (QED) is 0.400. The standard InChI is InChI=1S/C18H22O2.C7H15N/c1-4-8-17(19-3)18(14(2)16-11-12-16)20-13-15-9-6-5-7-10-15;1-2-8-6-4-3-5-7-8/h4-10,16H,1,11-13H2,2-3H3;2-7H2,1H3/b17-8+,18-14-;. The summed E-state index contributed by atoms with van der Waals surface area (Å²) in [4.78, 5) is 2.52. The molecule has 3 nitrogen and oxygen atoms in total. The molecule has 0 atom stereocenters. The van der Waals surface area contributed by atoms with Gasteiger partial charge in [-0.25, -0.2) is 0 Å². The summed E-state index contributed by atoms with van der Waals surface area (Å²) in [6.07, 6.45) is 10.4. The van der Waals surface area contributed by atoms with Crippen molar-refractivity contribution in [3.05, 3.63) is 71.7 Å². The van der Waals surface area contributed by atoms with Gasteiger partial charge < -0.3 is 14.4 Å². The predicted molar refractivity (Wildman–Crippen MR) is 118 cm³/mol. The van der Waals surface area contributed by atoms with Gasteiger partial charge in [-0.3, -0.25) is 0 Å². The maximum Gasteiger partial charge on any atom is 0.160 e. The average Bonchev–Trinajstić information content (AvgIpc) is 3.60. The van der Waals surface area contributed by atoms with Crippen molar-refractivity contribution in [2.75, 3.05) is 26.7 Å². The highest BCUT2D eigenvalue weighted by Crippen LogP contribution is 2.39. The molecule has 1 aliphatic heterocycles. The van der Waals surface area contributed by atoms with Crippen molar-refractivity contribution in [2.24, 2.45) is 5.92 Å². The molecule has 1 saturated carbocycles. The highest BCUT2D eigenvalue weighted by Gasteiger charge is 2.27. The van der Waals surface area contributed by atoms with Crippen LogP contribution < -0.4 is 0 Å². The monoisotopic (exact) mass is 383 g/mol. The van der Waals surface area contributed by atoms with Crippen molar-refractivity contribution < 1.29 is 9.47 Å². The molecule has 0 unspecified atom stereocenters. The minimum absolute atomic E-state index is 0.554. The van der Waals surface area contributed by atoms with Gasteiger partial charge in [0.15, 0.2) is 11.5 Å². The number of benzene rings is 1. The molecular weight excluding hydrogens is 346 g/mol. The van der Waals surface area contributed by atoms with Gasteiger partial charge in [0.2, 0.25) is 0 Å². The number of methoxy groups -OCH3 is 1. The summed E-state index contributed by atoms with van der Waals surface area (Å²) >= 11 is 0. The van der Waals surface area contributed by atoms with Gasteiger partial charge in [-0.05, 0) is 75.4 Å². The van der Waals surface area contributed by atoms with Crippen molar-refractivity contribution >= 4 is 0 Å². The Morgan fingerprint density at radius 3 is 2.32 bits per heavy atom. The van der Waals surface area contributed by atoms with Gasteiger partial charge in [0, 0.05) is 0 Å². The van der Waals surface area contributed by atoms with Gasteiger partial charge in [-0.1, -0.05) is 56.3 Å². The fourth-order valence-electron chi connectivity index (χ4n) is 3.43. The molecule has 154 valence electrons. The van der Waals surface area contributed by atoms with Gasteiger partial charge in [-0.15, -0.1) is 0 Å². The summed E-state index contributed by atoms with van der Waals surface area (Å²) in [6.45, 7) is 12.6. The molecule has 3 heteroatoms. The van der Waals surface area contributed by atoms with E-state index in [1.807, 2.05) is 24.3 Å². The van der Waals surface area contributed by atoms with E-state index in [2.05, 4.69) is 37.5 Å². The van der Waals surface area contributed by atoms with Crippen molar-refractivity contribution in [3.8, 4) is 0 Å². The van der Waals surface area contributed by atoms with Gasteiger partial charge >= 0.3 is 0 Å². The second kappa shape index (κ2) is 12.5. The summed E-state index contributed by atoms with van der Waals surface area (Å²) in [5.41, 5.74) is 2.43. The first kappa shape index (κ1) is 22.3. The van der Waals surface area contributed by atoms with Crippen LogP contribution in [0.5, 0.6) is 0 Å². The predicted octanol–water partition coefficient (Wildman–Crippen LogP) is 6.10. The van der Waals surface area contributed by atoms with Crippen LogP contribution >= 0.6 is 0 Å². The summed E-state index contributed by atoms with van der Waals surface area (Å²) in [5, 5.41) is 0. The Morgan fingerprint density at radius 2 is 1.82 bits per heavy atom. The molecule has 0 N–H and O–H groups in total. The zero-order valence-electron chi connectivity index (χ0n) is 18.0. The lowest BCUT2D eigenvalue weighted by Gasteiger charge is -2.24. The Morgan fingerprint density at radius 1 is 1.14 bits per heavy atom. The first-order valence-corrected chi connectivity index (χ1v) is 10.7. The number of rotatable bonds is 8. The molecule has 1 aromatic carbocycles. The lowest BCUT2D eigenvalue weighted by molar-refractivity contribution is 0.162. The number of hydrogen-bond donors (Lipinski definition) is 0. The lowest BCUT2D eigenvalue weighted by atomic mass is 10.1. The normalized spacial score (nSPS) is 18.5. The zero-order valence-corrected chi connectivity index (χ0v) is 18.0. The Balaban J connectivity index is 0.000000292. The zero-order chi connectivity index (χ0) is 20.2. The molecule has 0 bridgehead atoms. The third-order valence-corrected chi connectivity index (χ3v) is 5.38. The topological polar surface area (TPSA) is 21.7 Å². The fourth-order valence-corrected chi connectivity index (χ4v) is 3.43. The number of nitrogens with zero attached hydrogens (tertiary/aromatic N) is 1. The van der Waals surface area contributed by atoms with E-state index in [4.69, 9.17) is 9.47 Å². The molecule has 1 aromatic rings. The maximum atomic E-state index is 6.04. The van der Waals surface area contributed by atoms with Crippen LogP contribution in [0.3, 0.4) is 0 Å². The summed E-state index contributed by atoms with van der Waals surface area (Å²) in [7, 11) is 1.67. The molecule has 2 aliphatic rings. The molecule has 0 spiro atoms. The van der Waals surface area contributed by atoms with E-state index in [9.17, 15) is 0 Å². The van der Waals surface area contributed by atoms with E-state index < -0.39 is 0 Å². The second-order valence-electron chi connectivity index (χ2n) is 7.53. The first-order valence-electron chi connectivity index (χ1n) is 10.7. The molecule has 28 heavy (non-hydrogen) atoms. The van der Waals surface area contributed by atoms with E-state index in [1.165, 1.54) is 57.3 Å². The second-order valence-corrected chi connectivity index (χ2v) is 7.53. The smallest absolute Gasteiger partial charge is 0.160 e. The Bertz CT molecular complexity index is 638. The SMILES string of the molecule is C=C/C=C(OC)\C(OCc1ccccc1)=C(/C)C1CC1.CCN1CCCCC1. The Kier molecular flexibility index (Phi) is 9.92. The van der Waals surface area contributed by atoms with Crippen molar-refractivity contribution in [3.63, 3.8) is 0 Å². The van der Waals surface area contributed by atoms with E-state index in [-0.39, 0.29) is 0 Å². The molecular formula is C25H37NO2. The van der Waals surface area contributed by atoms with Gasteiger partial charge in [0.1, 0.15) is 6.61 Å². The van der Waals surface area contributed by atoms with E-state index in [0.29, 0.717) is 12.5 Å². The first-order chi connectivity index (χ1) is 13.7. The van der Waals surface area contributed by atoms with Gasteiger partial charge in [0.05, 0.1) is 7.11 Å². The molecule has 0 aromatic heterocycles. The Labute approximate surface area is 171 Å². The number of ether oxygens (including phenoxy) is 2. The highest BCUT2D eigenvalue weighted by molar-refractivity contribution is 5.31. The maximum absolute atomic E-state index is 6.04. The van der Waals surface area contributed by atoms with Crippen molar-refractivity contribution in [1.82, 2.24) is 4.90 Å². The van der Waals surface area contributed by atoms with Crippen molar-refractivity contribution in [2.45, 2.75) is 52.6 Å². The van der Waals surface area contributed by atoms with E-state index >= 15 is 0 Å². The summed E-state index contributed by atoms with van der Waals surface area (Å²) in [6, 6.07) is 10.2. The fraction of sp³-hybridized carbons (Fsp3) is 0.520. The van der Waals surface area contributed by atoms with E-state index in [1.54, 1.807) is 13.2 Å². The number of likely N-dealkylation sites (tertiary alicyclic amines) is 1. The van der Waals surface area contributed by atoms with Crippen LogP contribution in [-0.4, -0.2) is 31.6 Å². The van der Waals surface area contributed by atoms with Crippen LogP contribution in [-0.2, 0) is 16.1 Å². The molecule has 2 fully saturated rings.